The minimum absolute atomic E-state index is 0.602. The number of rotatable bonds is 8. The number of nitrogens with zero attached hydrogens (tertiary/aromatic N) is 4. The molecule has 2 aromatic heterocycles. The SMILES string of the molecule is Cc1ccc(NCc2nc(CN(C)CC3CC3)cn2-c2ccc(Cl)cc2)nc1. The smallest absolute Gasteiger partial charge is 0.133 e. The summed E-state index contributed by atoms with van der Waals surface area (Å²) in [6.07, 6.45) is 6.73. The number of nitrogens with one attached hydrogen (secondary N) is 1. The molecule has 0 amide bonds. The highest BCUT2D eigenvalue weighted by Crippen LogP contribution is 2.29. The van der Waals surface area contributed by atoms with Gasteiger partial charge in [0, 0.05) is 36.2 Å². The number of aromatic nitrogens is 3. The average Bonchev–Trinajstić information content (AvgIpc) is 3.40. The van der Waals surface area contributed by atoms with Gasteiger partial charge in [-0.1, -0.05) is 17.7 Å². The maximum atomic E-state index is 6.07. The van der Waals surface area contributed by atoms with Crippen LogP contribution >= 0.6 is 11.6 Å². The third-order valence-electron chi connectivity index (χ3n) is 4.97. The van der Waals surface area contributed by atoms with E-state index in [4.69, 9.17) is 16.6 Å². The van der Waals surface area contributed by atoms with Crippen molar-refractivity contribution in [3.05, 3.63) is 70.9 Å². The van der Waals surface area contributed by atoms with Gasteiger partial charge >= 0.3 is 0 Å². The lowest BCUT2D eigenvalue weighted by molar-refractivity contribution is 0.310. The van der Waals surface area contributed by atoms with Crippen LogP contribution in [0.25, 0.3) is 5.69 Å². The fraction of sp³-hybridized carbons (Fsp3) is 0.364. The molecule has 3 aromatic rings. The van der Waals surface area contributed by atoms with Gasteiger partial charge < -0.3 is 14.8 Å². The molecular weight excluding hydrogens is 370 g/mol. The molecule has 4 rings (SSSR count). The van der Waals surface area contributed by atoms with E-state index >= 15 is 0 Å². The number of benzene rings is 1. The number of pyridine rings is 1. The van der Waals surface area contributed by atoms with Crippen molar-refractivity contribution in [2.24, 2.45) is 5.92 Å². The number of halogens is 1. The third-order valence-corrected chi connectivity index (χ3v) is 5.22. The minimum Gasteiger partial charge on any atom is -0.363 e. The van der Waals surface area contributed by atoms with Gasteiger partial charge in [0.1, 0.15) is 11.6 Å². The Hall–Kier alpha value is -2.37. The number of hydrogen-bond acceptors (Lipinski definition) is 4. The van der Waals surface area contributed by atoms with Crippen molar-refractivity contribution in [1.29, 1.82) is 0 Å². The molecule has 0 atom stereocenters. The number of aryl methyl sites for hydroxylation is 1. The van der Waals surface area contributed by atoms with Crippen LogP contribution in [-0.4, -0.2) is 33.0 Å². The fourth-order valence-corrected chi connectivity index (χ4v) is 3.45. The van der Waals surface area contributed by atoms with E-state index in [0.29, 0.717) is 6.54 Å². The Morgan fingerprint density at radius 1 is 1.18 bits per heavy atom. The van der Waals surface area contributed by atoms with E-state index < -0.39 is 0 Å². The molecule has 1 aliphatic carbocycles. The molecule has 0 saturated heterocycles. The third kappa shape index (κ3) is 4.91. The lowest BCUT2D eigenvalue weighted by atomic mass is 10.3. The summed E-state index contributed by atoms with van der Waals surface area (Å²) < 4.78 is 2.14. The zero-order valence-corrected chi connectivity index (χ0v) is 17.2. The summed E-state index contributed by atoms with van der Waals surface area (Å²) in [5.74, 6) is 2.68. The fourth-order valence-electron chi connectivity index (χ4n) is 3.32. The normalized spacial score (nSPS) is 13.9. The largest absolute Gasteiger partial charge is 0.363 e. The van der Waals surface area contributed by atoms with Gasteiger partial charge in [-0.2, -0.15) is 0 Å². The second-order valence-corrected chi connectivity index (χ2v) is 8.15. The van der Waals surface area contributed by atoms with Gasteiger partial charge in [-0.15, -0.1) is 0 Å². The molecule has 1 fully saturated rings. The second-order valence-electron chi connectivity index (χ2n) is 7.71. The van der Waals surface area contributed by atoms with Crippen molar-refractivity contribution in [3.8, 4) is 5.69 Å². The molecule has 1 aromatic carbocycles. The topological polar surface area (TPSA) is 46.0 Å². The summed E-state index contributed by atoms with van der Waals surface area (Å²) in [5.41, 5.74) is 3.28. The van der Waals surface area contributed by atoms with Crippen LogP contribution in [0.5, 0.6) is 0 Å². The van der Waals surface area contributed by atoms with Crippen LogP contribution < -0.4 is 5.32 Å². The molecule has 2 heterocycles. The van der Waals surface area contributed by atoms with Gasteiger partial charge in [-0.05, 0) is 68.6 Å². The van der Waals surface area contributed by atoms with E-state index in [0.717, 1.165) is 52.6 Å². The molecule has 1 N–H and O–H groups in total. The summed E-state index contributed by atoms with van der Waals surface area (Å²) in [7, 11) is 2.17. The first-order valence-electron chi connectivity index (χ1n) is 9.75. The monoisotopic (exact) mass is 395 g/mol. The molecule has 0 radical (unpaired) electrons. The van der Waals surface area contributed by atoms with E-state index in [-0.39, 0.29) is 0 Å². The van der Waals surface area contributed by atoms with Crippen molar-refractivity contribution < 1.29 is 0 Å². The molecule has 0 aliphatic heterocycles. The van der Waals surface area contributed by atoms with Gasteiger partial charge in [-0.25, -0.2) is 9.97 Å². The zero-order chi connectivity index (χ0) is 19.5. The van der Waals surface area contributed by atoms with Crippen LogP contribution in [-0.2, 0) is 13.1 Å². The van der Waals surface area contributed by atoms with E-state index in [1.807, 2.05) is 43.5 Å². The molecule has 1 aliphatic rings. The summed E-state index contributed by atoms with van der Waals surface area (Å²) in [5, 5.41) is 4.12. The number of hydrogen-bond donors (Lipinski definition) is 1. The van der Waals surface area contributed by atoms with Gasteiger partial charge in [0.15, 0.2) is 0 Å². The van der Waals surface area contributed by atoms with Crippen LogP contribution in [0.2, 0.25) is 5.02 Å². The molecule has 6 heteroatoms. The molecule has 28 heavy (non-hydrogen) atoms. The number of imidazole rings is 1. The van der Waals surface area contributed by atoms with Crippen molar-refractivity contribution in [2.45, 2.75) is 32.9 Å². The molecule has 0 spiro atoms. The van der Waals surface area contributed by atoms with Crippen LogP contribution in [0.3, 0.4) is 0 Å². The molecule has 1 saturated carbocycles. The average molecular weight is 396 g/mol. The lowest BCUT2D eigenvalue weighted by Gasteiger charge is -2.14. The highest BCUT2D eigenvalue weighted by Gasteiger charge is 2.23. The maximum absolute atomic E-state index is 6.07. The van der Waals surface area contributed by atoms with Crippen LogP contribution in [0.15, 0.2) is 48.8 Å². The first-order chi connectivity index (χ1) is 13.6. The molecular formula is C22H26ClN5. The highest BCUT2D eigenvalue weighted by atomic mass is 35.5. The molecule has 5 nitrogen and oxygen atoms in total. The van der Waals surface area contributed by atoms with Gasteiger partial charge in [-0.3, -0.25) is 0 Å². The lowest BCUT2D eigenvalue weighted by Crippen LogP contribution is -2.20. The summed E-state index contributed by atoms with van der Waals surface area (Å²) in [6, 6.07) is 11.9. The molecule has 0 bridgehead atoms. The van der Waals surface area contributed by atoms with Crippen molar-refractivity contribution in [2.75, 3.05) is 18.9 Å². The van der Waals surface area contributed by atoms with E-state index in [9.17, 15) is 0 Å². The Kier molecular flexibility index (Phi) is 5.64. The Morgan fingerprint density at radius 3 is 2.64 bits per heavy atom. The number of anilines is 1. The second kappa shape index (κ2) is 8.33. The zero-order valence-electron chi connectivity index (χ0n) is 16.4. The predicted octanol–water partition coefficient (Wildman–Crippen LogP) is 4.68. The predicted molar refractivity (Wildman–Crippen MR) is 114 cm³/mol. The summed E-state index contributed by atoms with van der Waals surface area (Å²) in [6.45, 7) is 4.64. The molecule has 146 valence electrons. The van der Waals surface area contributed by atoms with Gasteiger partial charge in [0.05, 0.1) is 12.2 Å². The maximum Gasteiger partial charge on any atom is 0.133 e. The first kappa shape index (κ1) is 19.0. The van der Waals surface area contributed by atoms with Crippen molar-refractivity contribution in [3.63, 3.8) is 0 Å². The Morgan fingerprint density at radius 2 is 1.96 bits per heavy atom. The highest BCUT2D eigenvalue weighted by molar-refractivity contribution is 6.30. The summed E-state index contributed by atoms with van der Waals surface area (Å²) in [4.78, 5) is 11.7. The Bertz CT molecular complexity index is 913. The van der Waals surface area contributed by atoms with Crippen LogP contribution in [0.1, 0.15) is 29.9 Å². The minimum atomic E-state index is 0.602. The Labute approximate surface area is 171 Å². The van der Waals surface area contributed by atoms with Gasteiger partial charge in [0.25, 0.3) is 0 Å². The van der Waals surface area contributed by atoms with Crippen LogP contribution in [0.4, 0.5) is 5.82 Å². The van der Waals surface area contributed by atoms with Crippen LogP contribution in [0, 0.1) is 12.8 Å². The summed E-state index contributed by atoms with van der Waals surface area (Å²) >= 11 is 6.07. The van der Waals surface area contributed by atoms with Crippen molar-refractivity contribution >= 4 is 17.4 Å². The quantitative estimate of drug-likeness (QED) is 0.601. The van der Waals surface area contributed by atoms with Gasteiger partial charge in [0.2, 0.25) is 0 Å². The standard InChI is InChI=1S/C22H26ClN5/c1-16-3-10-21(24-11-16)25-12-22-26-19(14-27(2)13-17-4-5-17)15-28(22)20-8-6-18(23)7-9-20/h3,6-11,15,17H,4-5,12-14H2,1-2H3,(H,24,25). The van der Waals surface area contributed by atoms with E-state index in [2.05, 4.69) is 39.1 Å². The first-order valence-corrected chi connectivity index (χ1v) is 10.1. The molecule has 0 unspecified atom stereocenters. The Balaban J connectivity index is 1.54. The van der Waals surface area contributed by atoms with E-state index in [1.165, 1.54) is 12.8 Å². The van der Waals surface area contributed by atoms with E-state index in [1.54, 1.807) is 0 Å². The van der Waals surface area contributed by atoms with Crippen molar-refractivity contribution in [1.82, 2.24) is 19.4 Å².